The largest absolute Gasteiger partial charge is 0.309 e. The van der Waals surface area contributed by atoms with Gasteiger partial charge in [-0.3, -0.25) is 0 Å². The van der Waals surface area contributed by atoms with Gasteiger partial charge in [-0.05, 0) is 21.9 Å². The molecule has 13 heavy (non-hydrogen) atoms. The molecule has 1 aliphatic heterocycles. The fourth-order valence-electron chi connectivity index (χ4n) is 2.13. The van der Waals surface area contributed by atoms with E-state index in [1.54, 1.807) is 0 Å². The Morgan fingerprint density at radius 1 is 0.846 bits per heavy atom. The third kappa shape index (κ3) is 0.973. The molecule has 0 aliphatic carbocycles. The number of nitrogens with one attached hydrogen (secondary N) is 1. The van der Waals surface area contributed by atoms with Crippen LogP contribution < -0.4 is 5.32 Å². The van der Waals surface area contributed by atoms with Gasteiger partial charge in [-0.2, -0.15) is 0 Å². The Kier molecular flexibility index (Phi) is 1.41. The van der Waals surface area contributed by atoms with Crippen LogP contribution in [0.5, 0.6) is 0 Å². The lowest BCUT2D eigenvalue weighted by atomic mass is 9.96. The smallest absolute Gasteiger partial charge is 0.0214 e. The third-order valence-corrected chi connectivity index (χ3v) is 2.71. The second-order valence-electron chi connectivity index (χ2n) is 3.54. The van der Waals surface area contributed by atoms with Crippen LogP contribution in [0.3, 0.4) is 0 Å². The summed E-state index contributed by atoms with van der Waals surface area (Å²) in [4.78, 5) is 0. The average molecular weight is 169 g/mol. The molecule has 0 amide bonds. The van der Waals surface area contributed by atoms with Gasteiger partial charge in [0.15, 0.2) is 0 Å². The van der Waals surface area contributed by atoms with Gasteiger partial charge >= 0.3 is 0 Å². The number of hydrogen-bond acceptors (Lipinski definition) is 1. The molecule has 0 aromatic heterocycles. The van der Waals surface area contributed by atoms with E-state index < -0.39 is 0 Å². The highest BCUT2D eigenvalue weighted by Gasteiger charge is 2.09. The summed E-state index contributed by atoms with van der Waals surface area (Å²) in [6.45, 7) is 2.02. The summed E-state index contributed by atoms with van der Waals surface area (Å²) in [7, 11) is 0. The summed E-state index contributed by atoms with van der Waals surface area (Å²) < 4.78 is 0. The lowest BCUT2D eigenvalue weighted by Gasteiger charge is -2.17. The molecule has 1 heterocycles. The first kappa shape index (κ1) is 7.10. The first-order valence-corrected chi connectivity index (χ1v) is 4.65. The molecule has 2 aromatic rings. The molecule has 2 aromatic carbocycles. The van der Waals surface area contributed by atoms with E-state index in [0.29, 0.717) is 0 Å². The van der Waals surface area contributed by atoms with Gasteiger partial charge < -0.3 is 5.32 Å². The van der Waals surface area contributed by atoms with Crippen molar-refractivity contribution in [2.45, 2.75) is 13.1 Å². The third-order valence-electron chi connectivity index (χ3n) is 2.71. The molecule has 0 spiro atoms. The molecule has 0 saturated heterocycles. The van der Waals surface area contributed by atoms with Gasteiger partial charge in [0.25, 0.3) is 0 Å². The van der Waals surface area contributed by atoms with Crippen LogP contribution in [-0.4, -0.2) is 0 Å². The SMILES string of the molecule is c1cc2c3c(cccc3c1)CNC2. The minimum absolute atomic E-state index is 1.01. The van der Waals surface area contributed by atoms with Crippen molar-refractivity contribution in [3.8, 4) is 0 Å². The summed E-state index contributed by atoms with van der Waals surface area (Å²) in [5, 5.41) is 6.23. The summed E-state index contributed by atoms with van der Waals surface area (Å²) in [5.41, 5.74) is 2.86. The maximum absolute atomic E-state index is 3.40. The van der Waals surface area contributed by atoms with Crippen molar-refractivity contribution in [2.24, 2.45) is 0 Å². The van der Waals surface area contributed by atoms with Gasteiger partial charge in [0.05, 0.1) is 0 Å². The van der Waals surface area contributed by atoms with Crippen LogP contribution in [0.1, 0.15) is 11.1 Å². The van der Waals surface area contributed by atoms with Crippen LogP contribution in [0, 0.1) is 0 Å². The molecular formula is C12H11N. The van der Waals surface area contributed by atoms with E-state index in [4.69, 9.17) is 0 Å². The van der Waals surface area contributed by atoms with Crippen molar-refractivity contribution in [3.63, 3.8) is 0 Å². The van der Waals surface area contributed by atoms with Crippen LogP contribution >= 0.6 is 0 Å². The zero-order valence-electron chi connectivity index (χ0n) is 7.38. The predicted octanol–water partition coefficient (Wildman–Crippen LogP) is 2.44. The predicted molar refractivity (Wildman–Crippen MR) is 54.5 cm³/mol. The minimum atomic E-state index is 1.01. The fourth-order valence-corrected chi connectivity index (χ4v) is 2.13. The van der Waals surface area contributed by atoms with Gasteiger partial charge in [-0.1, -0.05) is 36.4 Å². The van der Waals surface area contributed by atoms with Crippen molar-refractivity contribution < 1.29 is 0 Å². The van der Waals surface area contributed by atoms with Crippen molar-refractivity contribution in [3.05, 3.63) is 47.5 Å². The topological polar surface area (TPSA) is 12.0 Å². The monoisotopic (exact) mass is 169 g/mol. The zero-order chi connectivity index (χ0) is 8.67. The van der Waals surface area contributed by atoms with E-state index in [9.17, 15) is 0 Å². The van der Waals surface area contributed by atoms with Crippen LogP contribution in [0.4, 0.5) is 0 Å². The van der Waals surface area contributed by atoms with Gasteiger partial charge in [-0.25, -0.2) is 0 Å². The first-order valence-electron chi connectivity index (χ1n) is 4.65. The van der Waals surface area contributed by atoms with Crippen molar-refractivity contribution in [1.29, 1.82) is 0 Å². The van der Waals surface area contributed by atoms with E-state index >= 15 is 0 Å². The molecule has 0 fully saturated rings. The quantitative estimate of drug-likeness (QED) is 0.638. The van der Waals surface area contributed by atoms with Crippen molar-refractivity contribution in [2.75, 3.05) is 0 Å². The highest BCUT2D eigenvalue weighted by molar-refractivity contribution is 5.89. The number of rotatable bonds is 0. The van der Waals surface area contributed by atoms with Gasteiger partial charge in [0.1, 0.15) is 0 Å². The standard InChI is InChI=1S/C12H11N/c1-3-9-4-2-6-11-8-13-7-10(5-1)12(9)11/h1-6,13H,7-8H2. The minimum Gasteiger partial charge on any atom is -0.309 e. The Labute approximate surface area is 77.4 Å². The fraction of sp³-hybridized carbons (Fsp3) is 0.167. The molecule has 1 aliphatic rings. The molecule has 0 atom stereocenters. The van der Waals surface area contributed by atoms with Crippen molar-refractivity contribution in [1.82, 2.24) is 5.32 Å². The highest BCUT2D eigenvalue weighted by Crippen LogP contribution is 2.25. The van der Waals surface area contributed by atoms with E-state index in [1.165, 1.54) is 21.9 Å². The maximum atomic E-state index is 3.40. The molecule has 0 bridgehead atoms. The lowest BCUT2D eigenvalue weighted by molar-refractivity contribution is 0.683. The highest BCUT2D eigenvalue weighted by atomic mass is 14.9. The summed E-state index contributed by atoms with van der Waals surface area (Å²) in [6, 6.07) is 13.1. The van der Waals surface area contributed by atoms with E-state index in [0.717, 1.165) is 13.1 Å². The molecule has 1 N–H and O–H groups in total. The molecule has 0 saturated carbocycles. The Balaban J connectivity index is 2.49. The van der Waals surface area contributed by atoms with Gasteiger partial charge in [0, 0.05) is 13.1 Å². The maximum Gasteiger partial charge on any atom is 0.0214 e. The van der Waals surface area contributed by atoms with E-state index in [2.05, 4.69) is 41.7 Å². The first-order chi connectivity index (χ1) is 6.45. The Hall–Kier alpha value is -1.34. The van der Waals surface area contributed by atoms with Crippen LogP contribution in [0.2, 0.25) is 0 Å². The van der Waals surface area contributed by atoms with Gasteiger partial charge in [-0.15, -0.1) is 0 Å². The normalized spacial score (nSPS) is 14.8. The Morgan fingerprint density at radius 3 is 2.08 bits per heavy atom. The molecule has 0 unspecified atom stereocenters. The number of hydrogen-bond donors (Lipinski definition) is 1. The molecule has 3 rings (SSSR count). The van der Waals surface area contributed by atoms with E-state index in [-0.39, 0.29) is 0 Å². The van der Waals surface area contributed by atoms with Crippen molar-refractivity contribution >= 4 is 10.8 Å². The van der Waals surface area contributed by atoms with Crippen LogP contribution in [-0.2, 0) is 13.1 Å². The second-order valence-corrected chi connectivity index (χ2v) is 3.54. The molecular weight excluding hydrogens is 158 g/mol. The molecule has 0 radical (unpaired) electrons. The Morgan fingerprint density at radius 2 is 1.46 bits per heavy atom. The second kappa shape index (κ2) is 2.57. The Bertz CT molecular complexity index is 421. The van der Waals surface area contributed by atoms with E-state index in [1.807, 2.05) is 0 Å². The number of benzene rings is 2. The van der Waals surface area contributed by atoms with Crippen LogP contribution in [0.15, 0.2) is 36.4 Å². The summed E-state index contributed by atoms with van der Waals surface area (Å²) in [6.07, 6.45) is 0. The van der Waals surface area contributed by atoms with Crippen LogP contribution in [0.25, 0.3) is 10.8 Å². The molecule has 1 heteroatoms. The molecule has 64 valence electrons. The summed E-state index contributed by atoms with van der Waals surface area (Å²) in [5.74, 6) is 0. The zero-order valence-corrected chi connectivity index (χ0v) is 7.38. The van der Waals surface area contributed by atoms with Gasteiger partial charge in [0.2, 0.25) is 0 Å². The lowest BCUT2D eigenvalue weighted by Crippen LogP contribution is -2.18. The summed E-state index contributed by atoms with van der Waals surface area (Å²) >= 11 is 0. The molecule has 1 nitrogen and oxygen atoms in total. The average Bonchev–Trinajstić information content (AvgIpc) is 2.19.